The molecule has 0 bridgehead atoms. The van der Waals surface area contributed by atoms with Crippen molar-refractivity contribution in [1.82, 2.24) is 0 Å². The average Bonchev–Trinajstić information content (AvgIpc) is 2.70. The molecule has 0 saturated heterocycles. The molecule has 0 fully saturated rings. The van der Waals surface area contributed by atoms with E-state index in [9.17, 15) is 0 Å². The summed E-state index contributed by atoms with van der Waals surface area (Å²) < 4.78 is 5.50. The molecule has 82 valence electrons. The highest BCUT2D eigenvalue weighted by Gasteiger charge is 2.28. The first kappa shape index (κ1) is 9.86. The van der Waals surface area contributed by atoms with Crippen LogP contribution in [-0.2, 0) is 11.2 Å². The van der Waals surface area contributed by atoms with Gasteiger partial charge in [0, 0.05) is 13.0 Å². The molecule has 0 heterocycles. The van der Waals surface area contributed by atoms with Crippen molar-refractivity contribution in [3.63, 3.8) is 0 Å². The van der Waals surface area contributed by atoms with E-state index in [1.165, 1.54) is 21.9 Å². The van der Waals surface area contributed by atoms with E-state index in [1.54, 1.807) is 7.11 Å². The second kappa shape index (κ2) is 3.60. The lowest BCUT2D eigenvalue weighted by Crippen LogP contribution is -2.16. The first-order valence-corrected chi connectivity index (χ1v) is 5.84. The number of benzene rings is 2. The molecule has 2 unspecified atom stereocenters. The summed E-state index contributed by atoms with van der Waals surface area (Å²) >= 11 is 0. The maximum atomic E-state index is 5.50. The Morgan fingerprint density at radius 3 is 2.69 bits per heavy atom. The van der Waals surface area contributed by atoms with Crippen LogP contribution >= 0.6 is 0 Å². The van der Waals surface area contributed by atoms with E-state index in [2.05, 4.69) is 43.3 Å². The quantitative estimate of drug-likeness (QED) is 0.740. The van der Waals surface area contributed by atoms with Crippen molar-refractivity contribution in [2.45, 2.75) is 25.4 Å². The van der Waals surface area contributed by atoms with Crippen LogP contribution in [0.25, 0.3) is 10.8 Å². The molecule has 1 aliphatic carbocycles. The zero-order chi connectivity index (χ0) is 11.1. The van der Waals surface area contributed by atoms with Gasteiger partial charge in [-0.15, -0.1) is 0 Å². The number of ether oxygens (including phenoxy) is 1. The summed E-state index contributed by atoms with van der Waals surface area (Å²) in [6.45, 7) is 2.16. The van der Waals surface area contributed by atoms with Crippen molar-refractivity contribution in [2.24, 2.45) is 0 Å². The Morgan fingerprint density at radius 1 is 1.19 bits per heavy atom. The van der Waals surface area contributed by atoms with Crippen LogP contribution in [0.1, 0.15) is 24.0 Å². The Bertz CT molecular complexity index is 525. The van der Waals surface area contributed by atoms with Crippen molar-refractivity contribution in [3.05, 3.63) is 47.5 Å². The van der Waals surface area contributed by atoms with Crippen LogP contribution in [0.15, 0.2) is 36.4 Å². The van der Waals surface area contributed by atoms with Crippen molar-refractivity contribution >= 4 is 10.8 Å². The maximum absolute atomic E-state index is 5.50. The van der Waals surface area contributed by atoms with Crippen molar-refractivity contribution in [3.8, 4) is 0 Å². The van der Waals surface area contributed by atoms with Crippen molar-refractivity contribution in [2.75, 3.05) is 7.11 Å². The Labute approximate surface area is 96.0 Å². The van der Waals surface area contributed by atoms with Gasteiger partial charge in [0.2, 0.25) is 0 Å². The lowest BCUT2D eigenvalue weighted by Gasteiger charge is -2.18. The zero-order valence-corrected chi connectivity index (χ0v) is 9.73. The molecule has 0 saturated carbocycles. The predicted molar refractivity (Wildman–Crippen MR) is 66.9 cm³/mol. The molecule has 0 aliphatic heterocycles. The van der Waals surface area contributed by atoms with Gasteiger partial charge in [-0.25, -0.2) is 0 Å². The fourth-order valence-electron chi connectivity index (χ4n) is 2.86. The average molecular weight is 212 g/mol. The highest BCUT2D eigenvalue weighted by molar-refractivity contribution is 5.91. The highest BCUT2D eigenvalue weighted by atomic mass is 16.5. The largest absolute Gasteiger partial charge is 0.381 e. The van der Waals surface area contributed by atoms with Crippen LogP contribution in [0.2, 0.25) is 0 Å². The van der Waals surface area contributed by atoms with Gasteiger partial charge in [0.15, 0.2) is 0 Å². The smallest absolute Gasteiger partial charge is 0.0615 e. The molecule has 1 aliphatic rings. The SMILES string of the molecule is COC(C)C1Cc2cccc3cccc1c23. The Hall–Kier alpha value is -1.34. The molecule has 0 radical (unpaired) electrons. The van der Waals surface area contributed by atoms with Crippen molar-refractivity contribution in [1.29, 1.82) is 0 Å². The van der Waals surface area contributed by atoms with Gasteiger partial charge in [-0.2, -0.15) is 0 Å². The van der Waals surface area contributed by atoms with Gasteiger partial charge in [-0.3, -0.25) is 0 Å². The lowest BCUT2D eigenvalue weighted by molar-refractivity contribution is 0.0956. The summed E-state index contributed by atoms with van der Waals surface area (Å²) in [4.78, 5) is 0. The summed E-state index contributed by atoms with van der Waals surface area (Å²) in [5.74, 6) is 0.520. The third kappa shape index (κ3) is 1.28. The minimum absolute atomic E-state index is 0.290. The molecule has 2 atom stereocenters. The van der Waals surface area contributed by atoms with Gasteiger partial charge in [-0.05, 0) is 35.2 Å². The summed E-state index contributed by atoms with van der Waals surface area (Å²) in [6.07, 6.45) is 1.41. The van der Waals surface area contributed by atoms with Gasteiger partial charge in [0.05, 0.1) is 6.10 Å². The third-order valence-electron chi connectivity index (χ3n) is 3.80. The molecule has 0 amide bonds. The molecule has 2 aromatic rings. The van der Waals surface area contributed by atoms with Crippen LogP contribution in [0.3, 0.4) is 0 Å². The summed E-state index contributed by atoms with van der Waals surface area (Å²) in [7, 11) is 1.80. The van der Waals surface area contributed by atoms with E-state index in [0.29, 0.717) is 5.92 Å². The lowest BCUT2D eigenvalue weighted by atomic mass is 9.95. The minimum Gasteiger partial charge on any atom is -0.381 e. The molecule has 0 N–H and O–H groups in total. The number of rotatable bonds is 2. The first-order chi connectivity index (χ1) is 7.81. The van der Waals surface area contributed by atoms with Crippen LogP contribution in [-0.4, -0.2) is 13.2 Å². The summed E-state index contributed by atoms with van der Waals surface area (Å²) in [6, 6.07) is 13.2. The van der Waals surface area contributed by atoms with E-state index in [1.807, 2.05) is 0 Å². The molecular formula is C15H16O. The second-order valence-corrected chi connectivity index (χ2v) is 4.61. The Balaban J connectivity index is 2.21. The van der Waals surface area contributed by atoms with Crippen molar-refractivity contribution < 1.29 is 4.74 Å². The fourth-order valence-corrected chi connectivity index (χ4v) is 2.86. The monoisotopic (exact) mass is 212 g/mol. The van der Waals surface area contributed by atoms with Crippen LogP contribution in [0, 0.1) is 0 Å². The number of methoxy groups -OCH3 is 1. The second-order valence-electron chi connectivity index (χ2n) is 4.61. The molecule has 1 heteroatoms. The normalized spacial score (nSPS) is 20.2. The first-order valence-electron chi connectivity index (χ1n) is 5.84. The summed E-state index contributed by atoms with van der Waals surface area (Å²) in [5, 5.41) is 2.82. The Morgan fingerprint density at radius 2 is 1.94 bits per heavy atom. The molecule has 0 spiro atoms. The van der Waals surface area contributed by atoms with E-state index >= 15 is 0 Å². The highest BCUT2D eigenvalue weighted by Crippen LogP contribution is 2.40. The minimum atomic E-state index is 0.290. The zero-order valence-electron chi connectivity index (χ0n) is 9.73. The fraction of sp³-hybridized carbons (Fsp3) is 0.333. The van der Waals surface area contributed by atoms with Crippen LogP contribution < -0.4 is 0 Å². The molecule has 16 heavy (non-hydrogen) atoms. The Kier molecular flexibility index (Phi) is 2.22. The van der Waals surface area contributed by atoms with Crippen LogP contribution in [0.4, 0.5) is 0 Å². The molecule has 0 aromatic heterocycles. The van der Waals surface area contributed by atoms with Gasteiger partial charge in [-0.1, -0.05) is 36.4 Å². The molecule has 2 aromatic carbocycles. The predicted octanol–water partition coefficient (Wildman–Crippen LogP) is 3.51. The third-order valence-corrected chi connectivity index (χ3v) is 3.80. The molecule has 1 nitrogen and oxygen atoms in total. The van der Waals surface area contributed by atoms with Crippen LogP contribution in [0.5, 0.6) is 0 Å². The van der Waals surface area contributed by atoms with E-state index in [0.717, 1.165) is 6.42 Å². The summed E-state index contributed by atoms with van der Waals surface area (Å²) in [5.41, 5.74) is 2.93. The maximum Gasteiger partial charge on any atom is 0.0615 e. The van der Waals surface area contributed by atoms with Gasteiger partial charge in [0.1, 0.15) is 0 Å². The number of hydrogen-bond acceptors (Lipinski definition) is 1. The standard InChI is InChI=1S/C15H16O/c1-10(16-2)14-9-12-7-3-5-11-6-4-8-13(14)15(11)12/h3-8,10,14H,9H2,1-2H3. The van der Waals surface area contributed by atoms with E-state index < -0.39 is 0 Å². The van der Waals surface area contributed by atoms with E-state index in [-0.39, 0.29) is 6.10 Å². The van der Waals surface area contributed by atoms with E-state index in [4.69, 9.17) is 4.74 Å². The van der Waals surface area contributed by atoms with Gasteiger partial charge in [0.25, 0.3) is 0 Å². The molecule has 3 rings (SSSR count). The molecular weight excluding hydrogens is 196 g/mol. The van der Waals surface area contributed by atoms with Gasteiger partial charge < -0.3 is 4.74 Å². The number of hydrogen-bond donors (Lipinski definition) is 0. The van der Waals surface area contributed by atoms with Gasteiger partial charge >= 0.3 is 0 Å². The topological polar surface area (TPSA) is 9.23 Å².